The van der Waals surface area contributed by atoms with Crippen molar-refractivity contribution in [3.8, 4) is 5.75 Å². The molecular weight excluding hydrogens is 258 g/mol. The summed E-state index contributed by atoms with van der Waals surface area (Å²) in [6.07, 6.45) is 6.86. The topological polar surface area (TPSA) is 21.3 Å². The average Bonchev–Trinajstić information content (AvgIpc) is 2.72. The van der Waals surface area contributed by atoms with Crippen LogP contribution in [0.2, 0.25) is 0 Å². The number of nitrogens with one attached hydrogen (secondary N) is 1. The highest BCUT2D eigenvalue weighted by molar-refractivity contribution is 5.43. The molecule has 0 spiro atoms. The third-order valence-electron chi connectivity index (χ3n) is 5.00. The summed E-state index contributed by atoms with van der Waals surface area (Å²) in [7, 11) is 1.76. The first-order valence-electron chi connectivity index (χ1n) is 8.53. The number of hydrogen-bond acceptors (Lipinski definition) is 2. The minimum atomic E-state index is 0.705. The highest BCUT2D eigenvalue weighted by Gasteiger charge is 2.26. The summed E-state index contributed by atoms with van der Waals surface area (Å²) in [6.45, 7) is 8.84. The lowest BCUT2D eigenvalue weighted by molar-refractivity contribution is 0.376. The molecule has 0 aliphatic heterocycles. The Kier molecular flexibility index (Phi) is 6.10. The zero-order valence-electron chi connectivity index (χ0n) is 14.2. The van der Waals surface area contributed by atoms with Crippen LogP contribution >= 0.6 is 0 Å². The first-order chi connectivity index (χ1) is 10.2. The lowest BCUT2D eigenvalue weighted by Gasteiger charge is -2.28. The Morgan fingerprint density at radius 2 is 1.86 bits per heavy atom. The van der Waals surface area contributed by atoms with Gasteiger partial charge in [-0.15, -0.1) is 0 Å². The molecule has 2 atom stereocenters. The maximum Gasteiger partial charge on any atom is 0.122 e. The van der Waals surface area contributed by atoms with Gasteiger partial charge in [-0.3, -0.25) is 0 Å². The van der Waals surface area contributed by atoms with Crippen LogP contribution in [0.4, 0.5) is 0 Å². The van der Waals surface area contributed by atoms with Gasteiger partial charge in [0.25, 0.3) is 0 Å². The number of hydrogen-bond donors (Lipinski definition) is 1. The van der Waals surface area contributed by atoms with E-state index in [1.54, 1.807) is 12.7 Å². The summed E-state index contributed by atoms with van der Waals surface area (Å²) in [5.41, 5.74) is 4.22. The van der Waals surface area contributed by atoms with E-state index in [0.29, 0.717) is 5.92 Å². The fourth-order valence-electron chi connectivity index (χ4n) is 3.80. The summed E-state index contributed by atoms with van der Waals surface area (Å²) in [5, 5.41) is 3.58. The highest BCUT2D eigenvalue weighted by atomic mass is 16.5. The predicted molar refractivity (Wildman–Crippen MR) is 90.3 cm³/mol. The summed E-state index contributed by atoms with van der Waals surface area (Å²) < 4.78 is 5.47. The summed E-state index contributed by atoms with van der Waals surface area (Å²) in [5.74, 6) is 2.50. The van der Waals surface area contributed by atoms with Crippen LogP contribution < -0.4 is 10.1 Å². The molecule has 0 amide bonds. The van der Waals surface area contributed by atoms with E-state index >= 15 is 0 Å². The minimum Gasteiger partial charge on any atom is -0.496 e. The zero-order valence-corrected chi connectivity index (χ0v) is 14.2. The third kappa shape index (κ3) is 4.00. The number of aryl methyl sites for hydroxylation is 2. The van der Waals surface area contributed by atoms with Gasteiger partial charge in [0.15, 0.2) is 0 Å². The quantitative estimate of drug-likeness (QED) is 0.801. The maximum absolute atomic E-state index is 5.47. The molecule has 1 aliphatic carbocycles. The SMILES string of the molecule is CCNCC1CCCCCC1c1cc(C)c(OC)cc1C. The van der Waals surface area contributed by atoms with Crippen molar-refractivity contribution in [3.63, 3.8) is 0 Å². The van der Waals surface area contributed by atoms with E-state index in [-0.39, 0.29) is 0 Å². The molecule has 2 unspecified atom stereocenters. The first-order valence-corrected chi connectivity index (χ1v) is 8.53. The lowest BCUT2D eigenvalue weighted by atomic mass is 9.80. The van der Waals surface area contributed by atoms with E-state index in [2.05, 4.69) is 38.2 Å². The molecule has 0 saturated heterocycles. The standard InChI is InChI=1S/C19H31NO/c1-5-20-13-16-9-7-6-8-10-17(16)18-11-15(3)19(21-4)12-14(18)2/h11-12,16-17,20H,5-10,13H2,1-4H3. The van der Waals surface area contributed by atoms with Gasteiger partial charge in [-0.1, -0.05) is 32.3 Å². The molecule has 1 fully saturated rings. The van der Waals surface area contributed by atoms with E-state index < -0.39 is 0 Å². The van der Waals surface area contributed by atoms with Gasteiger partial charge < -0.3 is 10.1 Å². The van der Waals surface area contributed by atoms with Gasteiger partial charge in [0.2, 0.25) is 0 Å². The molecule has 2 nitrogen and oxygen atoms in total. The highest BCUT2D eigenvalue weighted by Crippen LogP contribution is 2.39. The van der Waals surface area contributed by atoms with E-state index in [1.165, 1.54) is 43.2 Å². The molecule has 0 radical (unpaired) electrons. The van der Waals surface area contributed by atoms with Gasteiger partial charge in [0, 0.05) is 0 Å². The Morgan fingerprint density at radius 3 is 2.57 bits per heavy atom. The number of methoxy groups -OCH3 is 1. The second-order valence-corrected chi connectivity index (χ2v) is 6.49. The molecule has 21 heavy (non-hydrogen) atoms. The summed E-state index contributed by atoms with van der Waals surface area (Å²) in [6, 6.07) is 4.60. The third-order valence-corrected chi connectivity index (χ3v) is 5.00. The van der Waals surface area contributed by atoms with Crippen molar-refractivity contribution in [2.24, 2.45) is 5.92 Å². The van der Waals surface area contributed by atoms with Gasteiger partial charge >= 0.3 is 0 Å². The molecule has 118 valence electrons. The molecule has 0 bridgehead atoms. The fraction of sp³-hybridized carbons (Fsp3) is 0.684. The van der Waals surface area contributed by atoms with E-state index in [4.69, 9.17) is 4.74 Å². The number of ether oxygens (including phenoxy) is 1. The van der Waals surface area contributed by atoms with Gasteiger partial charge in [0.05, 0.1) is 7.11 Å². The Morgan fingerprint density at radius 1 is 1.10 bits per heavy atom. The second kappa shape index (κ2) is 7.84. The van der Waals surface area contributed by atoms with Crippen LogP contribution in [0.5, 0.6) is 5.75 Å². The van der Waals surface area contributed by atoms with Crippen molar-refractivity contribution in [2.75, 3.05) is 20.2 Å². The van der Waals surface area contributed by atoms with E-state index in [9.17, 15) is 0 Å². The van der Waals surface area contributed by atoms with Crippen molar-refractivity contribution in [1.82, 2.24) is 5.32 Å². The number of rotatable bonds is 5. The van der Waals surface area contributed by atoms with Crippen LogP contribution in [0.25, 0.3) is 0 Å². The molecule has 2 heteroatoms. The van der Waals surface area contributed by atoms with Crippen LogP contribution in [0.3, 0.4) is 0 Å². The Hall–Kier alpha value is -1.02. The van der Waals surface area contributed by atoms with Crippen molar-refractivity contribution in [3.05, 3.63) is 28.8 Å². The Labute approximate surface area is 130 Å². The van der Waals surface area contributed by atoms with E-state index in [1.807, 2.05) is 0 Å². The fourth-order valence-corrected chi connectivity index (χ4v) is 3.80. The molecular formula is C19H31NO. The second-order valence-electron chi connectivity index (χ2n) is 6.49. The van der Waals surface area contributed by atoms with Gasteiger partial charge in [0.1, 0.15) is 5.75 Å². The monoisotopic (exact) mass is 289 g/mol. The van der Waals surface area contributed by atoms with Gasteiger partial charge in [-0.05, 0) is 74.4 Å². The average molecular weight is 289 g/mol. The summed E-state index contributed by atoms with van der Waals surface area (Å²) in [4.78, 5) is 0. The van der Waals surface area contributed by atoms with Crippen molar-refractivity contribution in [2.45, 2.75) is 58.8 Å². The molecule has 1 saturated carbocycles. The Bertz CT molecular complexity index is 455. The van der Waals surface area contributed by atoms with Crippen LogP contribution in [-0.4, -0.2) is 20.2 Å². The molecule has 1 aromatic carbocycles. The van der Waals surface area contributed by atoms with Gasteiger partial charge in [-0.25, -0.2) is 0 Å². The normalized spacial score (nSPS) is 22.9. The predicted octanol–water partition coefficient (Wildman–Crippen LogP) is 4.59. The van der Waals surface area contributed by atoms with Crippen LogP contribution in [0, 0.1) is 19.8 Å². The molecule has 0 aromatic heterocycles. The Balaban J connectivity index is 2.28. The molecule has 0 heterocycles. The first kappa shape index (κ1) is 16.4. The zero-order chi connectivity index (χ0) is 15.2. The lowest BCUT2D eigenvalue weighted by Crippen LogP contribution is -2.27. The van der Waals surface area contributed by atoms with Crippen LogP contribution in [0.15, 0.2) is 12.1 Å². The van der Waals surface area contributed by atoms with Crippen molar-refractivity contribution < 1.29 is 4.74 Å². The molecule has 1 aliphatic rings. The van der Waals surface area contributed by atoms with Crippen molar-refractivity contribution >= 4 is 0 Å². The molecule has 1 aromatic rings. The molecule has 2 rings (SSSR count). The minimum absolute atomic E-state index is 0.705. The van der Waals surface area contributed by atoms with Gasteiger partial charge in [-0.2, -0.15) is 0 Å². The van der Waals surface area contributed by atoms with Crippen molar-refractivity contribution in [1.29, 1.82) is 0 Å². The molecule has 1 N–H and O–H groups in total. The number of benzene rings is 1. The van der Waals surface area contributed by atoms with E-state index in [0.717, 1.165) is 24.8 Å². The summed E-state index contributed by atoms with van der Waals surface area (Å²) >= 11 is 0. The van der Waals surface area contributed by atoms with Crippen LogP contribution in [-0.2, 0) is 0 Å². The smallest absolute Gasteiger partial charge is 0.122 e. The largest absolute Gasteiger partial charge is 0.496 e. The maximum atomic E-state index is 5.47. The van der Waals surface area contributed by atoms with Crippen LogP contribution in [0.1, 0.15) is 61.6 Å².